The summed E-state index contributed by atoms with van der Waals surface area (Å²) >= 11 is 8.84. The lowest BCUT2D eigenvalue weighted by atomic mass is 10.3. The minimum absolute atomic E-state index is 0.548. The molecule has 0 N–H and O–H groups in total. The standard InChI is InChI=1S/C10H9ClN2S2/c1-6-3-7(2)12-9(4-6)15-10-13-8(11)5-14-10/h3-5H,1-2H3. The van der Waals surface area contributed by atoms with Gasteiger partial charge >= 0.3 is 0 Å². The monoisotopic (exact) mass is 256 g/mol. The summed E-state index contributed by atoms with van der Waals surface area (Å²) < 4.78 is 0.928. The molecule has 2 aromatic rings. The number of halogens is 1. The first-order valence-electron chi connectivity index (χ1n) is 4.37. The van der Waals surface area contributed by atoms with Crippen LogP contribution in [0.4, 0.5) is 0 Å². The molecular weight excluding hydrogens is 248 g/mol. The highest BCUT2D eigenvalue weighted by molar-refractivity contribution is 8.01. The Morgan fingerprint density at radius 2 is 2.07 bits per heavy atom. The summed E-state index contributed by atoms with van der Waals surface area (Å²) in [5.74, 6) is 0. The summed E-state index contributed by atoms with van der Waals surface area (Å²) in [5.41, 5.74) is 2.24. The number of pyridine rings is 1. The Labute approximate surface area is 102 Å². The number of hydrogen-bond acceptors (Lipinski definition) is 4. The minimum Gasteiger partial charge on any atom is -0.246 e. The van der Waals surface area contributed by atoms with E-state index < -0.39 is 0 Å². The van der Waals surface area contributed by atoms with Gasteiger partial charge in [-0.15, -0.1) is 11.3 Å². The molecule has 2 aromatic heterocycles. The molecule has 0 aromatic carbocycles. The van der Waals surface area contributed by atoms with Crippen LogP contribution >= 0.6 is 34.7 Å². The Hall–Kier alpha value is -0.580. The van der Waals surface area contributed by atoms with E-state index in [9.17, 15) is 0 Å². The van der Waals surface area contributed by atoms with Crippen molar-refractivity contribution in [2.24, 2.45) is 0 Å². The van der Waals surface area contributed by atoms with E-state index in [2.05, 4.69) is 23.0 Å². The number of nitrogens with zero attached hydrogens (tertiary/aromatic N) is 2. The fourth-order valence-electron chi connectivity index (χ4n) is 1.23. The Morgan fingerprint density at radius 1 is 1.27 bits per heavy atom. The topological polar surface area (TPSA) is 25.8 Å². The van der Waals surface area contributed by atoms with Crippen LogP contribution in [0.3, 0.4) is 0 Å². The van der Waals surface area contributed by atoms with Crippen molar-refractivity contribution in [1.82, 2.24) is 9.97 Å². The zero-order valence-corrected chi connectivity index (χ0v) is 10.7. The molecule has 0 unspecified atom stereocenters. The first-order valence-corrected chi connectivity index (χ1v) is 6.45. The van der Waals surface area contributed by atoms with E-state index >= 15 is 0 Å². The van der Waals surface area contributed by atoms with Crippen LogP contribution in [0.5, 0.6) is 0 Å². The van der Waals surface area contributed by atoms with Gasteiger partial charge in [0.1, 0.15) is 10.2 Å². The summed E-state index contributed by atoms with van der Waals surface area (Å²) in [5, 5.41) is 3.34. The second-order valence-corrected chi connectivity index (χ2v) is 5.68. The second-order valence-electron chi connectivity index (χ2n) is 3.16. The van der Waals surface area contributed by atoms with E-state index in [1.54, 1.807) is 11.8 Å². The van der Waals surface area contributed by atoms with Crippen LogP contribution in [0.15, 0.2) is 26.9 Å². The van der Waals surface area contributed by atoms with Crippen LogP contribution in [-0.4, -0.2) is 9.97 Å². The molecule has 0 saturated carbocycles. The zero-order chi connectivity index (χ0) is 10.8. The fourth-order valence-corrected chi connectivity index (χ4v) is 3.30. The molecule has 0 radical (unpaired) electrons. The maximum atomic E-state index is 5.75. The summed E-state index contributed by atoms with van der Waals surface area (Å²) in [6.45, 7) is 4.06. The van der Waals surface area contributed by atoms with Gasteiger partial charge < -0.3 is 0 Å². The van der Waals surface area contributed by atoms with Crippen molar-refractivity contribution < 1.29 is 0 Å². The predicted molar refractivity (Wildman–Crippen MR) is 65.0 cm³/mol. The zero-order valence-electron chi connectivity index (χ0n) is 8.32. The SMILES string of the molecule is Cc1cc(C)nc(Sc2nc(Cl)cs2)c1. The molecule has 0 saturated heterocycles. The van der Waals surface area contributed by atoms with Gasteiger partial charge in [-0.2, -0.15) is 0 Å². The number of aromatic nitrogens is 2. The van der Waals surface area contributed by atoms with E-state index in [-0.39, 0.29) is 0 Å². The molecule has 0 aliphatic rings. The van der Waals surface area contributed by atoms with E-state index in [0.717, 1.165) is 15.1 Å². The number of rotatable bonds is 2. The third-order valence-corrected chi connectivity index (χ3v) is 3.90. The average Bonchev–Trinajstić information content (AvgIpc) is 2.49. The van der Waals surface area contributed by atoms with Gasteiger partial charge in [0.2, 0.25) is 0 Å². The summed E-state index contributed by atoms with van der Waals surface area (Å²) in [6, 6.07) is 4.10. The Balaban J connectivity index is 2.24. The number of thiazole rings is 1. The summed E-state index contributed by atoms with van der Waals surface area (Å²) in [6.07, 6.45) is 0. The Bertz CT molecular complexity index is 462. The fraction of sp³-hybridized carbons (Fsp3) is 0.200. The molecule has 0 spiro atoms. The molecule has 15 heavy (non-hydrogen) atoms. The number of hydrogen-bond donors (Lipinski definition) is 0. The lowest BCUT2D eigenvalue weighted by Crippen LogP contribution is -1.86. The van der Waals surface area contributed by atoms with Crippen molar-refractivity contribution in [3.05, 3.63) is 33.9 Å². The van der Waals surface area contributed by atoms with Crippen molar-refractivity contribution >= 4 is 34.7 Å². The van der Waals surface area contributed by atoms with Gasteiger partial charge in [0.15, 0.2) is 4.34 Å². The molecule has 0 fully saturated rings. The highest BCUT2D eigenvalue weighted by Gasteiger charge is 2.04. The molecule has 0 aliphatic carbocycles. The van der Waals surface area contributed by atoms with E-state index in [1.165, 1.54) is 16.9 Å². The average molecular weight is 257 g/mol. The summed E-state index contributed by atoms with van der Waals surface area (Å²) in [7, 11) is 0. The van der Waals surface area contributed by atoms with Gasteiger partial charge in [-0.05, 0) is 43.3 Å². The molecular formula is C10H9ClN2S2. The van der Waals surface area contributed by atoms with Crippen LogP contribution in [0.1, 0.15) is 11.3 Å². The number of aryl methyl sites for hydroxylation is 2. The van der Waals surface area contributed by atoms with Crippen molar-refractivity contribution in [2.75, 3.05) is 0 Å². The first-order chi connectivity index (χ1) is 7.13. The predicted octanol–water partition coefficient (Wildman–Crippen LogP) is 3.96. The first kappa shape index (κ1) is 10.9. The highest BCUT2D eigenvalue weighted by atomic mass is 35.5. The van der Waals surface area contributed by atoms with Crippen molar-refractivity contribution in [2.45, 2.75) is 23.2 Å². The Kier molecular flexibility index (Phi) is 3.29. The van der Waals surface area contributed by atoms with Crippen LogP contribution in [0.25, 0.3) is 0 Å². The highest BCUT2D eigenvalue weighted by Crippen LogP contribution is 2.30. The molecule has 0 bridgehead atoms. The van der Waals surface area contributed by atoms with Crippen LogP contribution in [0, 0.1) is 13.8 Å². The molecule has 78 valence electrons. The normalized spacial score (nSPS) is 10.6. The van der Waals surface area contributed by atoms with E-state index in [0.29, 0.717) is 5.15 Å². The maximum Gasteiger partial charge on any atom is 0.157 e. The van der Waals surface area contributed by atoms with Gasteiger partial charge in [-0.1, -0.05) is 11.6 Å². The Morgan fingerprint density at radius 3 is 2.67 bits per heavy atom. The van der Waals surface area contributed by atoms with Gasteiger partial charge in [-0.3, -0.25) is 0 Å². The quantitative estimate of drug-likeness (QED) is 0.813. The molecule has 5 heteroatoms. The van der Waals surface area contributed by atoms with Crippen LogP contribution < -0.4 is 0 Å². The third-order valence-electron chi connectivity index (χ3n) is 1.72. The van der Waals surface area contributed by atoms with Crippen LogP contribution in [-0.2, 0) is 0 Å². The smallest absolute Gasteiger partial charge is 0.157 e. The van der Waals surface area contributed by atoms with Crippen molar-refractivity contribution in [1.29, 1.82) is 0 Å². The third kappa shape index (κ3) is 2.93. The molecule has 0 amide bonds. The lowest BCUT2D eigenvalue weighted by Gasteiger charge is -2.00. The minimum atomic E-state index is 0.548. The lowest BCUT2D eigenvalue weighted by molar-refractivity contribution is 1.04. The van der Waals surface area contributed by atoms with Gasteiger partial charge in [0.25, 0.3) is 0 Å². The second kappa shape index (κ2) is 4.51. The molecule has 2 heterocycles. The molecule has 0 atom stereocenters. The van der Waals surface area contributed by atoms with E-state index in [1.807, 2.05) is 18.4 Å². The van der Waals surface area contributed by atoms with Crippen molar-refractivity contribution in [3.8, 4) is 0 Å². The van der Waals surface area contributed by atoms with E-state index in [4.69, 9.17) is 11.6 Å². The largest absolute Gasteiger partial charge is 0.246 e. The molecule has 2 nitrogen and oxygen atoms in total. The maximum absolute atomic E-state index is 5.75. The van der Waals surface area contributed by atoms with Crippen LogP contribution in [0.2, 0.25) is 5.15 Å². The van der Waals surface area contributed by atoms with Crippen molar-refractivity contribution in [3.63, 3.8) is 0 Å². The van der Waals surface area contributed by atoms with Gasteiger partial charge in [0.05, 0.1) is 0 Å². The van der Waals surface area contributed by atoms with Gasteiger partial charge in [0, 0.05) is 11.1 Å². The molecule has 0 aliphatic heterocycles. The van der Waals surface area contributed by atoms with Gasteiger partial charge in [-0.25, -0.2) is 9.97 Å². The molecule has 2 rings (SSSR count). The summed E-state index contributed by atoms with van der Waals surface area (Å²) in [4.78, 5) is 8.60.